The molecule has 0 bridgehead atoms. The highest BCUT2D eigenvalue weighted by Gasteiger charge is 2.19. The number of halogens is 1. The molecule has 1 heterocycles. The molecule has 0 radical (unpaired) electrons. The van der Waals surface area contributed by atoms with Gasteiger partial charge in [-0.15, -0.1) is 0 Å². The topological polar surface area (TPSA) is 66.5 Å². The Morgan fingerprint density at radius 3 is 2.72 bits per heavy atom. The monoisotopic (exact) mass is 449 g/mol. The number of hydrogen-bond donors (Lipinski definition) is 2. The van der Waals surface area contributed by atoms with Crippen LogP contribution in [0.15, 0.2) is 76.4 Å². The Labute approximate surface area is 176 Å². The van der Waals surface area contributed by atoms with Crippen LogP contribution >= 0.6 is 15.9 Å². The van der Waals surface area contributed by atoms with Crippen molar-refractivity contribution in [3.63, 3.8) is 0 Å². The van der Waals surface area contributed by atoms with Crippen LogP contribution < -0.4 is 10.2 Å². The fourth-order valence-corrected chi connectivity index (χ4v) is 3.81. The highest BCUT2D eigenvalue weighted by Crippen LogP contribution is 2.33. The molecule has 3 aromatic carbocycles. The van der Waals surface area contributed by atoms with Gasteiger partial charge in [-0.1, -0.05) is 55.5 Å². The normalized spacial score (nSPS) is 12.5. The van der Waals surface area contributed by atoms with Crippen molar-refractivity contribution in [3.8, 4) is 5.75 Å². The van der Waals surface area contributed by atoms with Crippen molar-refractivity contribution in [1.29, 1.82) is 0 Å². The summed E-state index contributed by atoms with van der Waals surface area (Å²) in [7, 11) is 0. The third-order valence-electron chi connectivity index (χ3n) is 4.76. The van der Waals surface area contributed by atoms with Gasteiger partial charge in [-0.2, -0.15) is 5.10 Å². The lowest BCUT2D eigenvalue weighted by Crippen LogP contribution is -2.35. The second kappa shape index (κ2) is 8.49. The molecule has 0 aliphatic heterocycles. The summed E-state index contributed by atoms with van der Waals surface area (Å²) in [4.78, 5) is 15.8. The van der Waals surface area contributed by atoms with Gasteiger partial charge in [0.25, 0.3) is 5.91 Å². The number of para-hydroxylation sites is 1. The lowest BCUT2D eigenvalue weighted by molar-refractivity contribution is -0.128. The number of hydrogen-bond acceptors (Lipinski definition) is 3. The molecule has 4 rings (SSSR count). The van der Waals surface area contributed by atoms with Gasteiger partial charge < -0.3 is 9.72 Å². The largest absolute Gasteiger partial charge is 0.479 e. The molecule has 1 aromatic heterocycles. The highest BCUT2D eigenvalue weighted by molar-refractivity contribution is 9.10. The second-order valence-corrected chi connectivity index (χ2v) is 7.43. The van der Waals surface area contributed by atoms with Crippen LogP contribution in [-0.2, 0) is 4.79 Å². The van der Waals surface area contributed by atoms with Crippen molar-refractivity contribution in [3.05, 3.63) is 76.9 Å². The van der Waals surface area contributed by atoms with E-state index in [1.807, 2.05) is 73.8 Å². The zero-order chi connectivity index (χ0) is 20.2. The first-order valence-corrected chi connectivity index (χ1v) is 10.2. The summed E-state index contributed by atoms with van der Waals surface area (Å²) in [6.45, 7) is 1.91. The fraction of sp³-hybridized carbons (Fsp3) is 0.130. The summed E-state index contributed by atoms with van der Waals surface area (Å²) >= 11 is 3.60. The lowest BCUT2D eigenvalue weighted by Gasteiger charge is -2.17. The minimum Gasteiger partial charge on any atom is -0.479 e. The molecular formula is C23H20BrN3O2. The molecule has 0 saturated heterocycles. The first-order chi connectivity index (χ1) is 14.2. The summed E-state index contributed by atoms with van der Waals surface area (Å²) in [6.07, 6.45) is 3.37. The van der Waals surface area contributed by atoms with Crippen molar-refractivity contribution >= 4 is 49.7 Å². The van der Waals surface area contributed by atoms with Crippen molar-refractivity contribution in [2.24, 2.45) is 5.10 Å². The third kappa shape index (κ3) is 4.03. The maximum absolute atomic E-state index is 12.6. The van der Waals surface area contributed by atoms with Crippen LogP contribution in [0.1, 0.15) is 18.9 Å². The van der Waals surface area contributed by atoms with Crippen LogP contribution in [0.3, 0.4) is 0 Å². The Kier molecular flexibility index (Phi) is 5.62. The van der Waals surface area contributed by atoms with E-state index < -0.39 is 6.10 Å². The van der Waals surface area contributed by atoms with E-state index in [2.05, 4.69) is 31.4 Å². The number of nitrogens with one attached hydrogen (secondary N) is 2. The standard InChI is InChI=1S/C23H20BrN3O2/c1-2-20(29-21-12-11-15-7-3-4-9-18(15)22(21)24)23(28)27-26-14-16-13-25-19-10-6-5-8-17(16)19/h3-14,20,25H,2H2,1H3,(H,27,28)/b26-14-/t20-/m0/s1. The number of carbonyl (C=O) groups is 1. The number of benzene rings is 3. The van der Waals surface area contributed by atoms with Crippen molar-refractivity contribution < 1.29 is 9.53 Å². The number of H-pyrrole nitrogens is 1. The predicted octanol–water partition coefficient (Wildman–Crippen LogP) is 5.39. The summed E-state index contributed by atoms with van der Waals surface area (Å²) in [6, 6.07) is 19.8. The summed E-state index contributed by atoms with van der Waals surface area (Å²) in [5, 5.41) is 7.30. The van der Waals surface area contributed by atoms with Crippen molar-refractivity contribution in [2.75, 3.05) is 0 Å². The summed E-state index contributed by atoms with van der Waals surface area (Å²) in [5.41, 5.74) is 4.52. The van der Waals surface area contributed by atoms with Crippen molar-refractivity contribution in [1.82, 2.24) is 10.4 Å². The maximum atomic E-state index is 12.6. The molecule has 0 fully saturated rings. The number of rotatable bonds is 6. The SMILES string of the molecule is CC[C@H](Oc1ccc2ccccc2c1Br)C(=O)N/N=C\c1c[nH]c2ccccc12. The van der Waals surface area contributed by atoms with Gasteiger partial charge in [-0.05, 0) is 45.3 Å². The van der Waals surface area contributed by atoms with Crippen LogP contribution in [0, 0.1) is 0 Å². The Balaban J connectivity index is 1.46. The molecule has 1 atom stereocenters. The molecular weight excluding hydrogens is 430 g/mol. The lowest BCUT2D eigenvalue weighted by atomic mass is 10.1. The van der Waals surface area contributed by atoms with Gasteiger partial charge in [0.05, 0.1) is 10.7 Å². The van der Waals surface area contributed by atoms with Gasteiger partial charge in [0, 0.05) is 22.7 Å². The summed E-state index contributed by atoms with van der Waals surface area (Å²) < 4.78 is 6.82. The minimum atomic E-state index is -0.646. The van der Waals surface area contributed by atoms with E-state index in [0.29, 0.717) is 12.2 Å². The van der Waals surface area contributed by atoms with Gasteiger partial charge in [0.2, 0.25) is 0 Å². The smallest absolute Gasteiger partial charge is 0.281 e. The average molecular weight is 450 g/mol. The number of hydrazone groups is 1. The number of carbonyl (C=O) groups excluding carboxylic acids is 1. The average Bonchev–Trinajstić information content (AvgIpc) is 3.16. The Bertz CT molecular complexity index is 1200. The van der Waals surface area contributed by atoms with Gasteiger partial charge in [0.1, 0.15) is 5.75 Å². The zero-order valence-corrected chi connectivity index (χ0v) is 17.4. The number of aromatic nitrogens is 1. The number of fused-ring (bicyclic) bond motifs is 2. The van der Waals surface area contributed by atoms with Crippen LogP contribution in [0.2, 0.25) is 0 Å². The molecule has 5 nitrogen and oxygen atoms in total. The number of ether oxygens (including phenoxy) is 1. The van der Waals surface area contributed by atoms with Crippen LogP contribution in [-0.4, -0.2) is 23.2 Å². The number of amides is 1. The number of aromatic amines is 1. The Hall–Kier alpha value is -3.12. The van der Waals surface area contributed by atoms with E-state index in [-0.39, 0.29) is 5.91 Å². The molecule has 0 saturated carbocycles. The second-order valence-electron chi connectivity index (χ2n) is 6.64. The van der Waals surface area contributed by atoms with Crippen molar-refractivity contribution in [2.45, 2.75) is 19.4 Å². The van der Waals surface area contributed by atoms with Crippen LogP contribution in [0.5, 0.6) is 5.75 Å². The molecule has 0 spiro atoms. The molecule has 2 N–H and O–H groups in total. The van der Waals surface area contributed by atoms with E-state index >= 15 is 0 Å². The predicted molar refractivity (Wildman–Crippen MR) is 120 cm³/mol. The van der Waals surface area contributed by atoms with E-state index in [1.165, 1.54) is 0 Å². The zero-order valence-electron chi connectivity index (χ0n) is 15.9. The van der Waals surface area contributed by atoms with E-state index in [9.17, 15) is 4.79 Å². The first kappa shape index (κ1) is 19.2. The molecule has 29 heavy (non-hydrogen) atoms. The molecule has 146 valence electrons. The van der Waals surface area contributed by atoms with Gasteiger partial charge in [-0.3, -0.25) is 4.79 Å². The maximum Gasteiger partial charge on any atom is 0.281 e. The Morgan fingerprint density at radius 2 is 1.90 bits per heavy atom. The first-order valence-electron chi connectivity index (χ1n) is 9.40. The molecule has 0 aliphatic rings. The van der Waals surface area contributed by atoms with E-state index in [0.717, 1.165) is 31.7 Å². The highest BCUT2D eigenvalue weighted by atomic mass is 79.9. The van der Waals surface area contributed by atoms with Gasteiger partial charge in [-0.25, -0.2) is 5.43 Å². The van der Waals surface area contributed by atoms with Crippen LogP contribution in [0.25, 0.3) is 21.7 Å². The number of nitrogens with zero attached hydrogens (tertiary/aromatic N) is 1. The quantitative estimate of drug-likeness (QED) is 0.306. The third-order valence-corrected chi connectivity index (χ3v) is 5.58. The minimum absolute atomic E-state index is 0.288. The molecule has 6 heteroatoms. The Morgan fingerprint density at radius 1 is 1.14 bits per heavy atom. The summed E-state index contributed by atoms with van der Waals surface area (Å²) in [5.74, 6) is 0.343. The van der Waals surface area contributed by atoms with E-state index in [1.54, 1.807) is 6.21 Å². The molecule has 1 amide bonds. The molecule has 0 unspecified atom stereocenters. The van der Waals surface area contributed by atoms with Gasteiger partial charge in [0.15, 0.2) is 6.10 Å². The van der Waals surface area contributed by atoms with Crippen LogP contribution in [0.4, 0.5) is 0 Å². The molecule has 4 aromatic rings. The van der Waals surface area contributed by atoms with Gasteiger partial charge >= 0.3 is 0 Å². The molecule has 0 aliphatic carbocycles. The fourth-order valence-electron chi connectivity index (χ4n) is 3.22. The van der Waals surface area contributed by atoms with E-state index in [4.69, 9.17) is 4.74 Å².